The highest BCUT2D eigenvalue weighted by Crippen LogP contribution is 2.27. The quantitative estimate of drug-likeness (QED) is 0.0932. The van der Waals surface area contributed by atoms with Crippen molar-refractivity contribution < 1.29 is 53.8 Å². The second-order valence-corrected chi connectivity index (χ2v) is 9.31. The molecule has 0 bridgehead atoms. The van der Waals surface area contributed by atoms with Crippen LogP contribution in [0.2, 0.25) is 0 Å². The van der Waals surface area contributed by atoms with Crippen LogP contribution in [0.5, 0.6) is 0 Å². The molecule has 0 aliphatic rings. The van der Waals surface area contributed by atoms with E-state index in [1.54, 1.807) is 0 Å². The van der Waals surface area contributed by atoms with Crippen LogP contribution in [0.3, 0.4) is 0 Å². The van der Waals surface area contributed by atoms with Crippen molar-refractivity contribution in [2.45, 2.75) is 136 Å². The van der Waals surface area contributed by atoms with E-state index in [2.05, 4.69) is 6.92 Å². The van der Waals surface area contributed by atoms with Gasteiger partial charge in [-0.25, -0.2) is 4.79 Å². The van der Waals surface area contributed by atoms with Crippen LogP contribution < -0.4 is 0 Å². The molecule has 0 heterocycles. The zero-order chi connectivity index (χ0) is 29.4. The van der Waals surface area contributed by atoms with Gasteiger partial charge < -0.3 is 34.6 Å². The number of rotatable bonds is 21. The van der Waals surface area contributed by atoms with Crippen LogP contribution in [0.1, 0.15) is 118 Å². The molecule has 0 saturated carbocycles. The largest absolute Gasteiger partial charge is 0.475 e. The molecule has 0 aliphatic heterocycles. The Morgan fingerprint density at radius 2 is 1.03 bits per heavy atom. The Bertz CT molecular complexity index is 631. The average molecular weight is 551 g/mol. The fraction of sp³-hybridized carbons (Fsp3) is 0.852. The van der Waals surface area contributed by atoms with Gasteiger partial charge in [0.2, 0.25) is 0 Å². The molecule has 4 N–H and O–H groups in total. The molecule has 11 nitrogen and oxygen atoms in total. The van der Waals surface area contributed by atoms with E-state index in [1.807, 2.05) is 0 Å². The number of aliphatic hydroxyl groups is 3. The number of ether oxygens (including phenoxy) is 3. The first-order valence-corrected chi connectivity index (χ1v) is 13.7. The van der Waals surface area contributed by atoms with Crippen LogP contribution in [0, 0.1) is 0 Å². The molecule has 0 saturated heterocycles. The first-order valence-electron chi connectivity index (χ1n) is 13.7. The van der Waals surface area contributed by atoms with Gasteiger partial charge in [0.05, 0.1) is 13.2 Å². The molecule has 11 heteroatoms. The third-order valence-electron chi connectivity index (χ3n) is 5.61. The van der Waals surface area contributed by atoms with Crippen molar-refractivity contribution in [1.29, 1.82) is 0 Å². The minimum atomic E-state index is -2.69. The Labute approximate surface area is 226 Å². The summed E-state index contributed by atoms with van der Waals surface area (Å²) in [5.41, 5.74) is 0. The monoisotopic (exact) mass is 550 g/mol. The topological polar surface area (TPSA) is 177 Å². The number of hydrogen-bond donors (Lipinski definition) is 4. The molecule has 224 valence electrons. The van der Waals surface area contributed by atoms with Gasteiger partial charge >= 0.3 is 29.7 Å². The summed E-state index contributed by atoms with van der Waals surface area (Å²) >= 11 is 0. The maximum atomic E-state index is 11.9. The van der Waals surface area contributed by atoms with E-state index >= 15 is 0 Å². The number of carboxylic acids is 1. The van der Waals surface area contributed by atoms with Crippen LogP contribution in [0.15, 0.2) is 0 Å². The molecule has 0 spiro atoms. The molecule has 0 aromatic rings. The molecular formula is C27H50O11. The van der Waals surface area contributed by atoms with Crippen molar-refractivity contribution in [3.63, 3.8) is 0 Å². The van der Waals surface area contributed by atoms with Crippen LogP contribution >= 0.6 is 0 Å². The number of aliphatic carboxylic acids is 1. The predicted molar refractivity (Wildman–Crippen MR) is 140 cm³/mol. The lowest BCUT2D eigenvalue weighted by Crippen LogP contribution is -2.57. The van der Waals surface area contributed by atoms with Crippen molar-refractivity contribution in [2.24, 2.45) is 0 Å². The zero-order valence-corrected chi connectivity index (χ0v) is 23.6. The van der Waals surface area contributed by atoms with Gasteiger partial charge in [-0.15, -0.1) is 0 Å². The molecule has 38 heavy (non-hydrogen) atoms. The summed E-state index contributed by atoms with van der Waals surface area (Å²) in [6.45, 7) is 4.60. The summed E-state index contributed by atoms with van der Waals surface area (Å²) < 4.78 is 14.9. The lowest BCUT2D eigenvalue weighted by Gasteiger charge is -2.34. The van der Waals surface area contributed by atoms with Crippen LogP contribution in [-0.4, -0.2) is 75.5 Å². The standard InChI is InChI=1S/C24H42O8.C3H8O3/c1-5-6-7-8-9-10-11-12-13-14-15-16-17-18-22(30-19(2)25)24(23(28)29,31-20(3)26)32-21(4)27;4-1-3(6)2-5/h22H,5-18H2,1-4H3,(H,28,29);3-6H,1-2H2. The maximum absolute atomic E-state index is 11.9. The number of carbonyl (C=O) groups excluding carboxylic acids is 3. The van der Waals surface area contributed by atoms with E-state index in [1.165, 1.54) is 51.4 Å². The van der Waals surface area contributed by atoms with Crippen molar-refractivity contribution in [3.8, 4) is 0 Å². The smallest absolute Gasteiger partial charge is 0.394 e. The van der Waals surface area contributed by atoms with Gasteiger partial charge in [-0.2, -0.15) is 0 Å². The SMILES string of the molecule is CCCCCCCCCCCCCCCC(OC(C)=O)C(OC(C)=O)(OC(C)=O)C(=O)O.OCC(O)CO. The average Bonchev–Trinajstić information content (AvgIpc) is 2.84. The summed E-state index contributed by atoms with van der Waals surface area (Å²) in [7, 11) is 0. The van der Waals surface area contributed by atoms with Gasteiger partial charge in [0.15, 0.2) is 6.10 Å². The number of unbranched alkanes of at least 4 members (excludes halogenated alkanes) is 12. The lowest BCUT2D eigenvalue weighted by molar-refractivity contribution is -0.265. The van der Waals surface area contributed by atoms with Gasteiger partial charge in [0.25, 0.3) is 0 Å². The van der Waals surface area contributed by atoms with Gasteiger partial charge in [-0.05, 0) is 12.8 Å². The molecule has 1 unspecified atom stereocenters. The highest BCUT2D eigenvalue weighted by molar-refractivity contribution is 5.84. The Morgan fingerprint density at radius 1 is 0.658 bits per heavy atom. The van der Waals surface area contributed by atoms with E-state index in [-0.39, 0.29) is 19.6 Å². The molecule has 0 radical (unpaired) electrons. The van der Waals surface area contributed by atoms with Crippen LogP contribution in [0.25, 0.3) is 0 Å². The molecule has 0 rings (SSSR count). The molecular weight excluding hydrogens is 500 g/mol. The molecule has 0 aliphatic carbocycles. The second-order valence-electron chi connectivity index (χ2n) is 9.31. The summed E-state index contributed by atoms with van der Waals surface area (Å²) in [6.07, 6.45) is 12.6. The Balaban J connectivity index is 0. The highest BCUT2D eigenvalue weighted by Gasteiger charge is 2.55. The second kappa shape index (κ2) is 23.8. The molecule has 0 aromatic carbocycles. The predicted octanol–water partition coefficient (Wildman–Crippen LogP) is 3.64. The number of aliphatic hydroxyl groups excluding tert-OH is 3. The van der Waals surface area contributed by atoms with E-state index < -0.39 is 41.9 Å². The van der Waals surface area contributed by atoms with E-state index in [4.69, 9.17) is 29.5 Å². The first kappa shape index (κ1) is 37.9. The summed E-state index contributed by atoms with van der Waals surface area (Å²) in [5.74, 6) is -7.08. The van der Waals surface area contributed by atoms with Crippen molar-refractivity contribution >= 4 is 23.9 Å². The van der Waals surface area contributed by atoms with Crippen molar-refractivity contribution in [2.75, 3.05) is 13.2 Å². The molecule has 0 amide bonds. The van der Waals surface area contributed by atoms with Crippen molar-refractivity contribution in [3.05, 3.63) is 0 Å². The van der Waals surface area contributed by atoms with Gasteiger partial charge in [0.1, 0.15) is 6.10 Å². The first-order chi connectivity index (χ1) is 18.0. The van der Waals surface area contributed by atoms with Gasteiger partial charge in [0, 0.05) is 20.8 Å². The van der Waals surface area contributed by atoms with Gasteiger partial charge in [-0.1, -0.05) is 84.0 Å². The normalized spacial score (nSPS) is 11.8. The Morgan fingerprint density at radius 3 is 1.29 bits per heavy atom. The third-order valence-corrected chi connectivity index (χ3v) is 5.61. The Kier molecular flexibility index (Phi) is 23.8. The molecule has 0 aromatic heterocycles. The summed E-state index contributed by atoms with van der Waals surface area (Å²) in [5, 5.41) is 33.7. The summed E-state index contributed by atoms with van der Waals surface area (Å²) in [6, 6.07) is 0. The molecule has 0 fully saturated rings. The van der Waals surface area contributed by atoms with E-state index in [0.717, 1.165) is 46.5 Å². The van der Waals surface area contributed by atoms with E-state index in [9.17, 15) is 24.3 Å². The fourth-order valence-electron chi connectivity index (χ4n) is 3.74. The minimum Gasteiger partial charge on any atom is -0.475 e. The minimum absolute atomic E-state index is 0.0875. The number of carbonyl (C=O) groups is 4. The molecule has 1 atom stereocenters. The number of esters is 3. The highest BCUT2D eigenvalue weighted by atomic mass is 16.8. The fourth-order valence-corrected chi connectivity index (χ4v) is 3.74. The lowest BCUT2D eigenvalue weighted by atomic mass is 10.00. The van der Waals surface area contributed by atoms with Gasteiger partial charge in [-0.3, -0.25) is 14.4 Å². The number of carboxylic acid groups (broad SMARTS) is 1. The number of hydrogen-bond acceptors (Lipinski definition) is 10. The maximum Gasteiger partial charge on any atom is 0.394 e. The third kappa shape index (κ3) is 19.8. The van der Waals surface area contributed by atoms with Crippen LogP contribution in [-0.2, 0) is 33.4 Å². The van der Waals surface area contributed by atoms with Crippen molar-refractivity contribution in [1.82, 2.24) is 0 Å². The Hall–Kier alpha value is -2.24. The zero-order valence-electron chi connectivity index (χ0n) is 23.6. The summed E-state index contributed by atoms with van der Waals surface area (Å²) in [4.78, 5) is 46.5. The van der Waals surface area contributed by atoms with E-state index in [0.29, 0.717) is 6.42 Å². The van der Waals surface area contributed by atoms with Crippen LogP contribution in [0.4, 0.5) is 0 Å².